The quantitative estimate of drug-likeness (QED) is 0.818. The zero-order chi connectivity index (χ0) is 17.7. The summed E-state index contributed by atoms with van der Waals surface area (Å²) in [5, 5.41) is 13.3. The number of furan rings is 1. The first-order chi connectivity index (χ1) is 11.4. The zero-order valence-electron chi connectivity index (χ0n) is 14.6. The molecule has 2 N–H and O–H groups in total. The summed E-state index contributed by atoms with van der Waals surface area (Å²) in [6.45, 7) is 5.49. The van der Waals surface area contributed by atoms with Crippen molar-refractivity contribution in [2.45, 2.75) is 38.7 Å². The standard InChI is InChI=1S/C19H25NO4/c1-5-16(14-7-9-15(23-4)10-8-14)18(21)20-12-19(3,22)17-11-6-13(2)24-17/h6-11,16,22H,5,12H2,1-4H3,(H,20,21). The van der Waals surface area contributed by atoms with Crippen LogP contribution in [0.3, 0.4) is 0 Å². The molecule has 1 heterocycles. The number of benzene rings is 1. The van der Waals surface area contributed by atoms with E-state index in [1.54, 1.807) is 26.2 Å². The van der Waals surface area contributed by atoms with E-state index in [2.05, 4.69) is 5.32 Å². The van der Waals surface area contributed by atoms with Crippen LogP contribution in [-0.4, -0.2) is 24.7 Å². The molecule has 2 rings (SSSR count). The van der Waals surface area contributed by atoms with Crippen molar-refractivity contribution in [1.29, 1.82) is 0 Å². The van der Waals surface area contributed by atoms with Crippen LogP contribution < -0.4 is 10.1 Å². The molecule has 24 heavy (non-hydrogen) atoms. The Morgan fingerprint density at radius 3 is 2.46 bits per heavy atom. The Morgan fingerprint density at radius 1 is 1.29 bits per heavy atom. The third kappa shape index (κ3) is 4.17. The van der Waals surface area contributed by atoms with E-state index in [1.165, 1.54) is 0 Å². The maximum absolute atomic E-state index is 12.5. The molecule has 1 amide bonds. The van der Waals surface area contributed by atoms with Gasteiger partial charge in [-0.1, -0.05) is 19.1 Å². The fraction of sp³-hybridized carbons (Fsp3) is 0.421. The van der Waals surface area contributed by atoms with Crippen molar-refractivity contribution in [2.24, 2.45) is 0 Å². The normalized spacial score (nSPS) is 14.7. The van der Waals surface area contributed by atoms with E-state index >= 15 is 0 Å². The van der Waals surface area contributed by atoms with E-state index in [1.807, 2.05) is 38.1 Å². The molecule has 0 fully saturated rings. The number of rotatable bonds is 7. The van der Waals surface area contributed by atoms with Gasteiger partial charge in [0.05, 0.1) is 19.6 Å². The Hall–Kier alpha value is -2.27. The van der Waals surface area contributed by atoms with Gasteiger partial charge in [-0.3, -0.25) is 4.79 Å². The predicted octanol–water partition coefficient (Wildman–Crippen LogP) is 3.11. The van der Waals surface area contributed by atoms with E-state index in [9.17, 15) is 9.90 Å². The number of aryl methyl sites for hydroxylation is 1. The molecular weight excluding hydrogens is 306 g/mol. The first-order valence-corrected chi connectivity index (χ1v) is 8.08. The summed E-state index contributed by atoms with van der Waals surface area (Å²) >= 11 is 0. The number of hydrogen-bond acceptors (Lipinski definition) is 4. The number of carbonyl (C=O) groups is 1. The summed E-state index contributed by atoms with van der Waals surface area (Å²) < 4.78 is 10.6. The van der Waals surface area contributed by atoms with Crippen LogP contribution in [0.15, 0.2) is 40.8 Å². The SMILES string of the molecule is CCC(C(=O)NCC(C)(O)c1ccc(C)o1)c1ccc(OC)cc1. The average Bonchev–Trinajstić information content (AvgIpc) is 3.02. The minimum absolute atomic E-state index is 0.0887. The molecule has 2 aromatic rings. The van der Waals surface area contributed by atoms with Crippen LogP contribution in [0.5, 0.6) is 5.75 Å². The van der Waals surface area contributed by atoms with E-state index in [0.717, 1.165) is 17.1 Å². The van der Waals surface area contributed by atoms with Crippen molar-refractivity contribution in [2.75, 3.05) is 13.7 Å². The molecule has 5 nitrogen and oxygen atoms in total. The fourth-order valence-electron chi connectivity index (χ4n) is 2.60. The molecule has 130 valence electrons. The summed E-state index contributed by atoms with van der Waals surface area (Å²) in [4.78, 5) is 12.5. The van der Waals surface area contributed by atoms with Gasteiger partial charge in [0.2, 0.25) is 5.91 Å². The first-order valence-electron chi connectivity index (χ1n) is 8.08. The molecular formula is C19H25NO4. The third-order valence-corrected chi connectivity index (χ3v) is 4.12. The van der Waals surface area contributed by atoms with Crippen molar-refractivity contribution in [1.82, 2.24) is 5.32 Å². The highest BCUT2D eigenvalue weighted by Crippen LogP contribution is 2.25. The minimum Gasteiger partial charge on any atom is -0.497 e. The number of methoxy groups -OCH3 is 1. The van der Waals surface area contributed by atoms with Gasteiger partial charge in [-0.25, -0.2) is 0 Å². The van der Waals surface area contributed by atoms with Crippen LogP contribution in [-0.2, 0) is 10.4 Å². The minimum atomic E-state index is -1.25. The smallest absolute Gasteiger partial charge is 0.227 e. The molecule has 1 aromatic heterocycles. The largest absolute Gasteiger partial charge is 0.497 e. The molecule has 0 aliphatic heterocycles. The topological polar surface area (TPSA) is 71.7 Å². The maximum Gasteiger partial charge on any atom is 0.227 e. The number of aliphatic hydroxyl groups is 1. The lowest BCUT2D eigenvalue weighted by Crippen LogP contribution is -2.40. The Bertz CT molecular complexity index is 673. The van der Waals surface area contributed by atoms with Crippen LogP contribution >= 0.6 is 0 Å². The molecule has 5 heteroatoms. The van der Waals surface area contributed by atoms with Gasteiger partial charge in [-0.05, 0) is 50.1 Å². The van der Waals surface area contributed by atoms with Gasteiger partial charge >= 0.3 is 0 Å². The summed E-state index contributed by atoms with van der Waals surface area (Å²) in [6, 6.07) is 11.0. The summed E-state index contributed by atoms with van der Waals surface area (Å²) in [5.74, 6) is 1.53. The predicted molar refractivity (Wildman–Crippen MR) is 92.1 cm³/mol. The van der Waals surface area contributed by atoms with Crippen molar-refractivity contribution in [3.8, 4) is 5.75 Å². The number of carbonyl (C=O) groups excluding carboxylic acids is 1. The van der Waals surface area contributed by atoms with E-state index < -0.39 is 5.60 Å². The number of nitrogens with one attached hydrogen (secondary N) is 1. The van der Waals surface area contributed by atoms with Gasteiger partial charge in [0, 0.05) is 0 Å². The molecule has 2 atom stereocenters. The van der Waals surface area contributed by atoms with Gasteiger partial charge in [-0.15, -0.1) is 0 Å². The molecule has 0 aliphatic rings. The second kappa shape index (κ2) is 7.53. The van der Waals surface area contributed by atoms with E-state index in [0.29, 0.717) is 12.2 Å². The zero-order valence-corrected chi connectivity index (χ0v) is 14.6. The molecule has 0 saturated carbocycles. The molecule has 0 aliphatic carbocycles. The monoisotopic (exact) mass is 331 g/mol. The molecule has 0 saturated heterocycles. The van der Waals surface area contributed by atoms with Gasteiger partial charge in [-0.2, -0.15) is 0 Å². The highest BCUT2D eigenvalue weighted by atomic mass is 16.5. The fourth-order valence-corrected chi connectivity index (χ4v) is 2.60. The summed E-state index contributed by atoms with van der Waals surface area (Å²) in [6.07, 6.45) is 0.667. The lowest BCUT2D eigenvalue weighted by Gasteiger charge is -2.23. The second-order valence-corrected chi connectivity index (χ2v) is 6.14. The van der Waals surface area contributed by atoms with Crippen molar-refractivity contribution in [3.05, 3.63) is 53.5 Å². The van der Waals surface area contributed by atoms with Gasteiger partial charge in [0.15, 0.2) is 0 Å². The molecule has 0 spiro atoms. The van der Waals surface area contributed by atoms with Gasteiger partial charge < -0.3 is 19.6 Å². The van der Waals surface area contributed by atoms with Crippen molar-refractivity contribution in [3.63, 3.8) is 0 Å². The van der Waals surface area contributed by atoms with E-state index in [-0.39, 0.29) is 18.4 Å². The van der Waals surface area contributed by atoms with Crippen molar-refractivity contribution < 1.29 is 19.1 Å². The van der Waals surface area contributed by atoms with Crippen LogP contribution in [0.25, 0.3) is 0 Å². The van der Waals surface area contributed by atoms with Crippen LogP contribution in [0, 0.1) is 6.92 Å². The van der Waals surface area contributed by atoms with Gasteiger partial charge in [0.1, 0.15) is 22.9 Å². The number of ether oxygens (including phenoxy) is 1. The first kappa shape index (κ1) is 18.1. The number of amides is 1. The van der Waals surface area contributed by atoms with Gasteiger partial charge in [0.25, 0.3) is 0 Å². The average molecular weight is 331 g/mol. The van der Waals surface area contributed by atoms with Crippen molar-refractivity contribution >= 4 is 5.91 Å². The molecule has 1 aromatic carbocycles. The number of hydrogen-bond donors (Lipinski definition) is 2. The van der Waals surface area contributed by atoms with Crippen LogP contribution in [0.1, 0.15) is 43.3 Å². The molecule has 0 radical (unpaired) electrons. The molecule has 2 unspecified atom stereocenters. The lowest BCUT2D eigenvalue weighted by atomic mass is 9.95. The maximum atomic E-state index is 12.5. The Labute approximate surface area is 142 Å². The Morgan fingerprint density at radius 2 is 1.96 bits per heavy atom. The third-order valence-electron chi connectivity index (χ3n) is 4.12. The Kier molecular flexibility index (Phi) is 5.67. The highest BCUT2D eigenvalue weighted by molar-refractivity contribution is 5.83. The lowest BCUT2D eigenvalue weighted by molar-refractivity contribution is -0.124. The van der Waals surface area contributed by atoms with E-state index in [4.69, 9.17) is 9.15 Å². The van der Waals surface area contributed by atoms with Crippen LogP contribution in [0.2, 0.25) is 0 Å². The molecule has 0 bridgehead atoms. The second-order valence-electron chi connectivity index (χ2n) is 6.14. The highest BCUT2D eigenvalue weighted by Gasteiger charge is 2.29. The summed E-state index contributed by atoms with van der Waals surface area (Å²) in [5.41, 5.74) is -0.327. The van der Waals surface area contributed by atoms with Crippen LogP contribution in [0.4, 0.5) is 0 Å². The Balaban J connectivity index is 2.03. The summed E-state index contributed by atoms with van der Waals surface area (Å²) in [7, 11) is 1.61.